The molecule has 2 bridgehead atoms. The van der Waals surface area contributed by atoms with Crippen LogP contribution in [0.25, 0.3) is 16.7 Å². The molecule has 5 aromatic carbocycles. The number of hydrogen-bond acceptors (Lipinski definition) is 3. The van der Waals surface area contributed by atoms with E-state index in [9.17, 15) is 4.79 Å². The third-order valence-corrected chi connectivity index (χ3v) is 9.71. The number of para-hydroxylation sites is 2. The fourth-order valence-electron chi connectivity index (χ4n) is 7.62. The van der Waals surface area contributed by atoms with Crippen molar-refractivity contribution in [3.05, 3.63) is 156 Å². The molecule has 45 heavy (non-hydrogen) atoms. The van der Waals surface area contributed by atoms with Crippen molar-refractivity contribution in [1.29, 1.82) is 0 Å². The van der Waals surface area contributed by atoms with Gasteiger partial charge in [-0.15, -0.1) is 0 Å². The summed E-state index contributed by atoms with van der Waals surface area (Å²) in [6.45, 7) is 0.361. The summed E-state index contributed by atoms with van der Waals surface area (Å²) in [5, 5.41) is 0. The SMILES string of the molecule is O=C(OCC1c2ccccc2-c2ccccc21)N1C2C=C(c3ccc(N(c4ccccc4)c4ccccc4)cc3)CC1CCC2. The van der Waals surface area contributed by atoms with Crippen molar-refractivity contribution in [1.82, 2.24) is 4.90 Å². The number of carbonyl (C=O) groups excluding carboxylic acids is 1. The van der Waals surface area contributed by atoms with Gasteiger partial charge in [0.25, 0.3) is 0 Å². The van der Waals surface area contributed by atoms with Crippen LogP contribution in [0.4, 0.5) is 21.9 Å². The molecule has 0 radical (unpaired) electrons. The monoisotopic (exact) mass is 588 g/mol. The van der Waals surface area contributed by atoms with Gasteiger partial charge < -0.3 is 9.64 Å². The van der Waals surface area contributed by atoms with Crippen LogP contribution in [0.3, 0.4) is 0 Å². The van der Waals surface area contributed by atoms with E-state index in [4.69, 9.17) is 4.74 Å². The van der Waals surface area contributed by atoms with Gasteiger partial charge in [-0.2, -0.15) is 0 Å². The number of anilines is 3. The molecule has 1 aliphatic carbocycles. The summed E-state index contributed by atoms with van der Waals surface area (Å²) in [5.74, 6) is 0.0712. The number of fused-ring (bicyclic) bond motifs is 5. The van der Waals surface area contributed by atoms with Crippen LogP contribution in [-0.4, -0.2) is 29.7 Å². The van der Waals surface area contributed by atoms with Crippen LogP contribution in [-0.2, 0) is 4.74 Å². The molecule has 8 rings (SSSR count). The number of amides is 1. The number of ether oxygens (including phenoxy) is 1. The van der Waals surface area contributed by atoms with Crippen molar-refractivity contribution >= 4 is 28.7 Å². The molecule has 0 saturated carbocycles. The van der Waals surface area contributed by atoms with Gasteiger partial charge in [0, 0.05) is 29.0 Å². The molecule has 0 aromatic heterocycles. The molecule has 2 unspecified atom stereocenters. The minimum absolute atomic E-state index is 0.0629. The number of hydrogen-bond donors (Lipinski definition) is 0. The summed E-state index contributed by atoms with van der Waals surface area (Å²) in [6, 6.07) is 47.1. The molecule has 1 amide bonds. The molecule has 222 valence electrons. The Morgan fingerprint density at radius 1 is 0.667 bits per heavy atom. The van der Waals surface area contributed by atoms with Crippen LogP contribution < -0.4 is 4.90 Å². The van der Waals surface area contributed by atoms with Crippen molar-refractivity contribution in [3.63, 3.8) is 0 Å². The fraction of sp³-hybridized carbons (Fsp3) is 0.195. The smallest absolute Gasteiger partial charge is 0.410 e. The van der Waals surface area contributed by atoms with E-state index < -0.39 is 0 Å². The van der Waals surface area contributed by atoms with Gasteiger partial charge in [0.1, 0.15) is 6.61 Å². The van der Waals surface area contributed by atoms with Crippen LogP contribution >= 0.6 is 0 Å². The van der Waals surface area contributed by atoms with E-state index in [0.717, 1.165) is 42.7 Å². The Kier molecular flexibility index (Phi) is 7.19. The molecule has 5 aromatic rings. The Hall–Kier alpha value is -5.09. The number of piperidine rings is 1. The van der Waals surface area contributed by atoms with Crippen LogP contribution in [0.5, 0.6) is 0 Å². The molecule has 1 fully saturated rings. The van der Waals surface area contributed by atoms with Crippen molar-refractivity contribution in [2.45, 2.75) is 43.7 Å². The van der Waals surface area contributed by atoms with Gasteiger partial charge in [-0.1, -0.05) is 103 Å². The predicted octanol–water partition coefficient (Wildman–Crippen LogP) is 10.1. The topological polar surface area (TPSA) is 32.8 Å². The minimum atomic E-state index is -0.182. The molecule has 4 heteroatoms. The molecule has 2 heterocycles. The molecule has 2 atom stereocenters. The lowest BCUT2D eigenvalue weighted by atomic mass is 9.83. The Labute approximate surface area is 265 Å². The van der Waals surface area contributed by atoms with Gasteiger partial charge >= 0.3 is 6.09 Å². The Balaban J connectivity index is 1.01. The number of nitrogens with zero attached hydrogens (tertiary/aromatic N) is 2. The highest BCUT2D eigenvalue weighted by atomic mass is 16.6. The first-order chi connectivity index (χ1) is 22.2. The van der Waals surface area contributed by atoms with E-state index in [2.05, 4.69) is 132 Å². The van der Waals surface area contributed by atoms with E-state index in [-0.39, 0.29) is 24.1 Å². The second-order valence-electron chi connectivity index (χ2n) is 12.3. The lowest BCUT2D eigenvalue weighted by Crippen LogP contribution is -2.51. The summed E-state index contributed by atoms with van der Waals surface area (Å²) < 4.78 is 6.13. The molecular weight excluding hydrogens is 552 g/mol. The van der Waals surface area contributed by atoms with Crippen LogP contribution in [0, 0.1) is 0 Å². The van der Waals surface area contributed by atoms with Gasteiger partial charge in [-0.25, -0.2) is 4.79 Å². The van der Waals surface area contributed by atoms with Crippen LogP contribution in [0.1, 0.15) is 48.3 Å². The highest BCUT2D eigenvalue weighted by Gasteiger charge is 2.39. The quantitative estimate of drug-likeness (QED) is 0.198. The standard InChI is InChI=1S/C41H36N2O2/c44-41(45-28-40-38-20-9-7-18-36(38)37-19-8-10-21-39(37)40)43-34-16-11-17-35(43)27-30(26-34)29-22-24-33(25-23-29)42(31-12-3-1-4-13-31)32-14-5-2-6-15-32/h1-10,12-15,18-26,34-35,40H,11,16-17,27-28H2. The van der Waals surface area contributed by atoms with Crippen molar-refractivity contribution < 1.29 is 9.53 Å². The summed E-state index contributed by atoms with van der Waals surface area (Å²) in [7, 11) is 0. The third-order valence-electron chi connectivity index (χ3n) is 9.71. The Morgan fingerprint density at radius 3 is 1.82 bits per heavy atom. The fourth-order valence-corrected chi connectivity index (χ4v) is 7.62. The summed E-state index contributed by atoms with van der Waals surface area (Å²) in [5.41, 5.74) is 10.9. The van der Waals surface area contributed by atoms with E-state index in [1.807, 2.05) is 17.0 Å². The number of carbonyl (C=O) groups is 1. The highest BCUT2D eigenvalue weighted by Crippen LogP contribution is 2.45. The lowest BCUT2D eigenvalue weighted by Gasteiger charge is -2.44. The van der Waals surface area contributed by atoms with E-state index in [0.29, 0.717) is 6.61 Å². The molecule has 2 aliphatic heterocycles. The van der Waals surface area contributed by atoms with Gasteiger partial charge in [0.05, 0.1) is 6.04 Å². The van der Waals surface area contributed by atoms with Gasteiger partial charge in [-0.3, -0.25) is 4.90 Å². The predicted molar refractivity (Wildman–Crippen MR) is 182 cm³/mol. The number of benzene rings is 5. The largest absolute Gasteiger partial charge is 0.448 e. The first-order valence-electron chi connectivity index (χ1n) is 16.1. The summed E-state index contributed by atoms with van der Waals surface area (Å²) in [6.07, 6.45) is 6.09. The minimum Gasteiger partial charge on any atom is -0.448 e. The van der Waals surface area contributed by atoms with Crippen LogP contribution in [0.15, 0.2) is 140 Å². The van der Waals surface area contributed by atoms with E-state index >= 15 is 0 Å². The zero-order valence-electron chi connectivity index (χ0n) is 25.3. The lowest BCUT2D eigenvalue weighted by molar-refractivity contribution is 0.0539. The van der Waals surface area contributed by atoms with E-state index in [1.165, 1.54) is 33.4 Å². The first-order valence-corrected chi connectivity index (χ1v) is 16.1. The molecule has 0 N–H and O–H groups in total. The zero-order chi connectivity index (χ0) is 30.2. The van der Waals surface area contributed by atoms with Gasteiger partial charge in [-0.05, 0) is 95.5 Å². The Bertz CT molecular complexity index is 1760. The normalized spacial score (nSPS) is 18.5. The second-order valence-corrected chi connectivity index (χ2v) is 12.3. The second kappa shape index (κ2) is 11.8. The first kappa shape index (κ1) is 27.5. The van der Waals surface area contributed by atoms with Crippen molar-refractivity contribution in [2.24, 2.45) is 0 Å². The zero-order valence-corrected chi connectivity index (χ0v) is 25.3. The maximum Gasteiger partial charge on any atom is 0.410 e. The average Bonchev–Trinajstić information content (AvgIpc) is 3.41. The van der Waals surface area contributed by atoms with Crippen LogP contribution in [0.2, 0.25) is 0 Å². The molecule has 3 aliphatic rings. The van der Waals surface area contributed by atoms with Crippen molar-refractivity contribution in [3.8, 4) is 11.1 Å². The maximum absolute atomic E-state index is 13.7. The van der Waals surface area contributed by atoms with E-state index in [1.54, 1.807) is 0 Å². The Morgan fingerprint density at radius 2 is 1.22 bits per heavy atom. The number of rotatable bonds is 6. The van der Waals surface area contributed by atoms with Gasteiger partial charge in [0.2, 0.25) is 0 Å². The van der Waals surface area contributed by atoms with Gasteiger partial charge in [0.15, 0.2) is 0 Å². The van der Waals surface area contributed by atoms with Crippen molar-refractivity contribution in [2.75, 3.05) is 11.5 Å². The third kappa shape index (κ3) is 5.10. The maximum atomic E-state index is 13.7. The molecular formula is C41H36N2O2. The highest BCUT2D eigenvalue weighted by molar-refractivity contribution is 5.81. The average molecular weight is 589 g/mol. The molecule has 0 spiro atoms. The molecule has 4 nitrogen and oxygen atoms in total. The summed E-state index contributed by atoms with van der Waals surface area (Å²) >= 11 is 0. The molecule has 1 saturated heterocycles. The summed E-state index contributed by atoms with van der Waals surface area (Å²) in [4.78, 5) is 18.0.